The molecule has 0 aliphatic carbocycles. The summed E-state index contributed by atoms with van der Waals surface area (Å²) < 4.78 is 47.2. The van der Waals surface area contributed by atoms with Gasteiger partial charge in [-0.25, -0.2) is 4.58 Å². The first kappa shape index (κ1) is 18.6. The Kier molecular flexibility index (Phi) is 6.09. The summed E-state index contributed by atoms with van der Waals surface area (Å²) in [5.74, 6) is 1.84. The van der Waals surface area contributed by atoms with E-state index in [1.54, 1.807) is 0 Å². The predicted octanol–water partition coefficient (Wildman–Crippen LogP) is 3.12. The molecule has 2 aliphatic rings. The normalized spacial score (nSPS) is 21.6. The van der Waals surface area contributed by atoms with Gasteiger partial charge in [-0.3, -0.25) is 0 Å². The maximum Gasteiger partial charge on any atom is 0.673 e. The van der Waals surface area contributed by atoms with E-state index in [2.05, 4.69) is 53.1 Å². The zero-order valence-corrected chi connectivity index (χ0v) is 13.8. The molecule has 0 amide bonds. The largest absolute Gasteiger partial charge is 0.673 e. The minimum Gasteiger partial charge on any atom is -0.418 e. The molecule has 0 aromatic heterocycles. The number of hydrogen-bond acceptors (Lipinski definition) is 3. The Hall–Kier alpha value is -1.77. The van der Waals surface area contributed by atoms with Crippen LogP contribution in [0, 0.1) is 5.92 Å². The third-order valence-corrected chi connectivity index (χ3v) is 4.20. The summed E-state index contributed by atoms with van der Waals surface area (Å²) in [6, 6.07) is 10.9. The van der Waals surface area contributed by atoms with Crippen molar-refractivity contribution in [2.45, 2.75) is 26.3 Å². The van der Waals surface area contributed by atoms with Gasteiger partial charge in [-0.2, -0.15) is 10.4 Å². The minimum absolute atomic E-state index is 0.481. The zero-order valence-electron chi connectivity index (χ0n) is 13.8. The third-order valence-electron chi connectivity index (χ3n) is 4.20. The zero-order chi connectivity index (χ0) is 17.7. The fourth-order valence-corrected chi connectivity index (χ4v) is 2.78. The van der Waals surface area contributed by atoms with Crippen LogP contribution < -0.4 is 10.4 Å². The van der Waals surface area contributed by atoms with Gasteiger partial charge in [0.05, 0.1) is 12.3 Å². The lowest BCUT2D eigenvalue weighted by molar-refractivity contribution is -0.578. The minimum atomic E-state index is -6.00. The molecule has 1 N–H and O–H groups in total. The third kappa shape index (κ3) is 5.12. The van der Waals surface area contributed by atoms with Gasteiger partial charge in [0.15, 0.2) is 6.67 Å². The summed E-state index contributed by atoms with van der Waals surface area (Å²) in [5, 5.41) is 2.19. The van der Waals surface area contributed by atoms with E-state index in [0.29, 0.717) is 18.6 Å². The lowest BCUT2D eigenvalue weighted by Gasteiger charge is -2.25. The van der Waals surface area contributed by atoms with Gasteiger partial charge < -0.3 is 22.0 Å². The summed E-state index contributed by atoms with van der Waals surface area (Å²) in [4.78, 5) is 0. The first-order valence-electron chi connectivity index (χ1n) is 7.96. The van der Waals surface area contributed by atoms with Crippen LogP contribution in [0.15, 0.2) is 30.3 Å². The van der Waals surface area contributed by atoms with Gasteiger partial charge in [-0.1, -0.05) is 32.0 Å². The number of halogens is 4. The molecular formula is C15H22BF4N3O. The number of nitrogens with one attached hydrogen (secondary N) is 1. The van der Waals surface area contributed by atoms with Gasteiger partial charge in [0.2, 0.25) is 0 Å². The second-order valence-electron chi connectivity index (χ2n) is 5.90. The Bertz CT molecular complexity index is 562. The van der Waals surface area contributed by atoms with E-state index >= 15 is 0 Å². The van der Waals surface area contributed by atoms with Crippen molar-refractivity contribution >= 4 is 18.8 Å². The van der Waals surface area contributed by atoms with Crippen LogP contribution in [0.1, 0.15) is 20.3 Å². The summed E-state index contributed by atoms with van der Waals surface area (Å²) in [6.07, 6.45) is 1.18. The van der Waals surface area contributed by atoms with Gasteiger partial charge in [0, 0.05) is 0 Å². The van der Waals surface area contributed by atoms with Crippen LogP contribution in [-0.4, -0.2) is 43.6 Å². The summed E-state index contributed by atoms with van der Waals surface area (Å²) >= 11 is 0. The van der Waals surface area contributed by atoms with Crippen LogP contribution >= 0.6 is 0 Å². The molecule has 4 nitrogen and oxygen atoms in total. The Balaban J connectivity index is 0.000000368. The predicted molar refractivity (Wildman–Crippen MR) is 86.4 cm³/mol. The molecule has 2 atom stereocenters. The number of anilines is 1. The molecule has 9 heteroatoms. The van der Waals surface area contributed by atoms with Gasteiger partial charge in [0.1, 0.15) is 12.6 Å². The van der Waals surface area contributed by atoms with Gasteiger partial charge >= 0.3 is 7.25 Å². The van der Waals surface area contributed by atoms with Gasteiger partial charge in [0.25, 0.3) is 5.84 Å². The number of ether oxygens (including phenoxy) is 1. The SMILES string of the molecule is CCC(C)C1COCC2=[N+]1CN(c1ccccc1)N2.F[B-](F)(F)F. The molecular weight excluding hydrogens is 325 g/mol. The molecule has 0 saturated carbocycles. The maximum absolute atomic E-state index is 9.75. The fraction of sp³-hybridized carbons (Fsp3) is 0.533. The summed E-state index contributed by atoms with van der Waals surface area (Å²) in [7, 11) is -6.00. The fourth-order valence-electron chi connectivity index (χ4n) is 2.78. The van der Waals surface area contributed by atoms with Crippen LogP contribution in [-0.2, 0) is 4.74 Å². The molecule has 2 heterocycles. The molecule has 0 saturated heterocycles. The molecule has 2 unspecified atom stereocenters. The van der Waals surface area contributed by atoms with Crippen molar-refractivity contribution in [3.63, 3.8) is 0 Å². The maximum atomic E-state index is 9.75. The van der Waals surface area contributed by atoms with Crippen molar-refractivity contribution in [3.8, 4) is 0 Å². The van der Waals surface area contributed by atoms with Gasteiger partial charge in [-0.05, 0) is 24.5 Å². The first-order valence-corrected chi connectivity index (χ1v) is 7.96. The van der Waals surface area contributed by atoms with Crippen molar-refractivity contribution in [2.24, 2.45) is 5.92 Å². The van der Waals surface area contributed by atoms with E-state index in [0.717, 1.165) is 13.3 Å². The number of para-hydroxylation sites is 1. The molecule has 3 rings (SSSR count). The molecule has 1 aromatic carbocycles. The van der Waals surface area contributed by atoms with E-state index in [4.69, 9.17) is 4.74 Å². The van der Waals surface area contributed by atoms with Crippen molar-refractivity contribution in [3.05, 3.63) is 30.3 Å². The number of amidine groups is 1. The van der Waals surface area contributed by atoms with E-state index in [1.165, 1.54) is 17.9 Å². The molecule has 1 aromatic rings. The lowest BCUT2D eigenvalue weighted by Crippen LogP contribution is -2.45. The van der Waals surface area contributed by atoms with Crippen LogP contribution in [0.5, 0.6) is 0 Å². The Morgan fingerprint density at radius 2 is 1.92 bits per heavy atom. The summed E-state index contributed by atoms with van der Waals surface area (Å²) in [6.45, 7) is 6.98. The average molecular weight is 347 g/mol. The number of rotatable bonds is 3. The Morgan fingerprint density at radius 3 is 2.50 bits per heavy atom. The first-order chi connectivity index (χ1) is 11.3. The summed E-state index contributed by atoms with van der Waals surface area (Å²) in [5.41, 5.74) is 4.67. The van der Waals surface area contributed by atoms with Crippen LogP contribution in [0.4, 0.5) is 23.0 Å². The Morgan fingerprint density at radius 1 is 1.29 bits per heavy atom. The monoisotopic (exact) mass is 347 g/mol. The second-order valence-corrected chi connectivity index (χ2v) is 5.90. The highest BCUT2D eigenvalue weighted by atomic mass is 19.5. The molecule has 0 radical (unpaired) electrons. The standard InChI is InChI=1S/C15H21N3O.BF4/c1-3-12(2)14-9-19-10-15-16-18(11-17(14)15)13-7-5-4-6-8-13;2-1(3,4)5/h4-8,12,14H,3,9-11H2,1-2H3;/q;-1/p+1. The van der Waals surface area contributed by atoms with Crippen molar-refractivity contribution in [1.29, 1.82) is 0 Å². The average Bonchev–Trinajstić information content (AvgIpc) is 2.97. The number of benzene rings is 1. The molecule has 24 heavy (non-hydrogen) atoms. The highest BCUT2D eigenvalue weighted by Gasteiger charge is 2.38. The smallest absolute Gasteiger partial charge is 0.418 e. The number of nitrogens with zero attached hydrogens (tertiary/aromatic N) is 2. The van der Waals surface area contributed by atoms with Crippen LogP contribution in [0.25, 0.3) is 0 Å². The van der Waals surface area contributed by atoms with E-state index < -0.39 is 7.25 Å². The van der Waals surface area contributed by atoms with Crippen molar-refractivity contribution in [1.82, 2.24) is 5.43 Å². The number of hydrogen-bond donors (Lipinski definition) is 1. The molecule has 0 fully saturated rings. The van der Waals surface area contributed by atoms with Crippen molar-refractivity contribution < 1.29 is 26.6 Å². The van der Waals surface area contributed by atoms with Crippen LogP contribution in [0.3, 0.4) is 0 Å². The van der Waals surface area contributed by atoms with Gasteiger partial charge in [-0.15, -0.1) is 0 Å². The lowest BCUT2D eigenvalue weighted by atomic mass is 9.99. The number of hydrazine groups is 1. The van der Waals surface area contributed by atoms with Crippen LogP contribution in [0.2, 0.25) is 0 Å². The quantitative estimate of drug-likeness (QED) is 0.517. The molecule has 134 valence electrons. The van der Waals surface area contributed by atoms with Crippen molar-refractivity contribution in [2.75, 3.05) is 24.9 Å². The second kappa shape index (κ2) is 7.87. The molecule has 0 spiro atoms. The highest BCUT2D eigenvalue weighted by molar-refractivity contribution is 6.50. The van der Waals surface area contributed by atoms with E-state index in [1.807, 2.05) is 6.07 Å². The molecule has 0 bridgehead atoms. The Labute approximate surface area is 139 Å². The highest BCUT2D eigenvalue weighted by Crippen LogP contribution is 2.20. The topological polar surface area (TPSA) is 27.5 Å². The molecule has 2 aliphatic heterocycles. The van der Waals surface area contributed by atoms with E-state index in [-0.39, 0.29) is 0 Å². The van der Waals surface area contributed by atoms with E-state index in [9.17, 15) is 17.3 Å².